The molecule has 62 valence electrons. The Morgan fingerprint density at radius 2 is 2.33 bits per heavy atom. The van der Waals surface area contributed by atoms with Gasteiger partial charge in [-0.1, -0.05) is 33.5 Å². The van der Waals surface area contributed by atoms with Gasteiger partial charge in [-0.25, -0.2) is 4.98 Å². The van der Waals surface area contributed by atoms with Crippen molar-refractivity contribution in [2.75, 3.05) is 5.33 Å². The maximum Gasteiger partial charge on any atom is 0.113 e. The maximum atomic E-state index is 5.65. The summed E-state index contributed by atoms with van der Waals surface area (Å²) < 4.78 is 0. The highest BCUT2D eigenvalue weighted by Gasteiger charge is 1.87. The number of pyridine rings is 1. The van der Waals surface area contributed by atoms with Crippen molar-refractivity contribution in [1.82, 2.24) is 4.98 Å². The van der Waals surface area contributed by atoms with Crippen LogP contribution in [0.25, 0.3) is 0 Å². The van der Waals surface area contributed by atoms with Crippen LogP contribution in [0.2, 0.25) is 5.02 Å². The minimum atomic E-state index is 0.640. The Balaban J connectivity index is 2.66. The zero-order chi connectivity index (χ0) is 8.81. The van der Waals surface area contributed by atoms with Crippen LogP contribution in [0.5, 0.6) is 0 Å². The number of nitrogens with zero attached hydrogens (tertiary/aromatic N) is 1. The van der Waals surface area contributed by atoms with Crippen LogP contribution in [-0.4, -0.2) is 10.3 Å². The van der Waals surface area contributed by atoms with E-state index in [2.05, 4.69) is 32.8 Å². The van der Waals surface area contributed by atoms with Crippen molar-refractivity contribution < 1.29 is 0 Å². The fourth-order valence-electron chi connectivity index (χ4n) is 0.650. The molecular weight excluding hydrogens is 237 g/mol. The molecule has 0 saturated heterocycles. The molecule has 0 radical (unpaired) electrons. The van der Waals surface area contributed by atoms with Crippen molar-refractivity contribution >= 4 is 27.5 Å². The molecule has 0 unspecified atom stereocenters. The molecule has 0 N–H and O–H groups in total. The van der Waals surface area contributed by atoms with Crippen LogP contribution in [-0.2, 0) is 0 Å². The van der Waals surface area contributed by atoms with Gasteiger partial charge in [-0.3, -0.25) is 0 Å². The maximum absolute atomic E-state index is 5.65. The second-order valence-electron chi connectivity index (χ2n) is 2.10. The summed E-state index contributed by atoms with van der Waals surface area (Å²) >= 11 is 8.95. The quantitative estimate of drug-likeness (QED) is 0.547. The lowest BCUT2D eigenvalue weighted by Crippen LogP contribution is -1.79. The second-order valence-corrected chi connectivity index (χ2v) is 3.33. The van der Waals surface area contributed by atoms with E-state index >= 15 is 0 Å². The van der Waals surface area contributed by atoms with Gasteiger partial charge in [0, 0.05) is 17.9 Å². The van der Waals surface area contributed by atoms with Crippen molar-refractivity contribution in [1.29, 1.82) is 0 Å². The van der Waals surface area contributed by atoms with Gasteiger partial charge in [0.15, 0.2) is 0 Å². The normalized spacial score (nSPS) is 8.83. The molecule has 1 aromatic heterocycles. The third kappa shape index (κ3) is 3.25. The number of halogens is 2. The highest BCUT2D eigenvalue weighted by Crippen LogP contribution is 2.04. The predicted molar refractivity (Wildman–Crippen MR) is 54.5 cm³/mol. The van der Waals surface area contributed by atoms with Gasteiger partial charge in [0.05, 0.1) is 5.02 Å². The molecule has 1 nitrogen and oxygen atoms in total. The first kappa shape index (κ1) is 9.57. The van der Waals surface area contributed by atoms with Crippen LogP contribution < -0.4 is 0 Å². The molecule has 0 aliphatic carbocycles. The zero-order valence-electron chi connectivity index (χ0n) is 6.35. The highest BCUT2D eigenvalue weighted by atomic mass is 79.9. The van der Waals surface area contributed by atoms with Crippen molar-refractivity contribution in [3.05, 3.63) is 29.0 Å². The van der Waals surface area contributed by atoms with Gasteiger partial charge in [0.1, 0.15) is 5.69 Å². The summed E-state index contributed by atoms with van der Waals surface area (Å²) in [4.78, 5) is 4.03. The molecule has 0 aliphatic rings. The number of hydrogen-bond donors (Lipinski definition) is 0. The van der Waals surface area contributed by atoms with Crippen LogP contribution in [0, 0.1) is 11.8 Å². The monoisotopic (exact) mass is 243 g/mol. The lowest BCUT2D eigenvalue weighted by Gasteiger charge is -1.88. The SMILES string of the molecule is Clc1ccc(C#CCCBr)nc1. The minimum Gasteiger partial charge on any atom is -0.246 e. The number of aromatic nitrogens is 1. The first-order valence-corrected chi connectivity index (χ1v) is 4.99. The molecule has 0 bridgehead atoms. The smallest absolute Gasteiger partial charge is 0.113 e. The molecule has 12 heavy (non-hydrogen) atoms. The van der Waals surface area contributed by atoms with Crippen molar-refractivity contribution in [2.45, 2.75) is 6.42 Å². The molecule has 1 heterocycles. The molecule has 1 aromatic rings. The Hall–Kier alpha value is -0.520. The third-order valence-electron chi connectivity index (χ3n) is 1.16. The zero-order valence-corrected chi connectivity index (χ0v) is 8.69. The van der Waals surface area contributed by atoms with Gasteiger partial charge in [-0.15, -0.1) is 0 Å². The Morgan fingerprint density at radius 1 is 1.50 bits per heavy atom. The van der Waals surface area contributed by atoms with Gasteiger partial charge < -0.3 is 0 Å². The Bertz CT molecular complexity index is 297. The van der Waals surface area contributed by atoms with E-state index in [-0.39, 0.29) is 0 Å². The van der Waals surface area contributed by atoms with Crippen LogP contribution in [0.1, 0.15) is 12.1 Å². The second kappa shape index (κ2) is 5.18. The summed E-state index contributed by atoms with van der Waals surface area (Å²) in [6.07, 6.45) is 2.43. The summed E-state index contributed by atoms with van der Waals surface area (Å²) in [5.74, 6) is 5.89. The van der Waals surface area contributed by atoms with Crippen molar-refractivity contribution in [2.24, 2.45) is 0 Å². The highest BCUT2D eigenvalue weighted by molar-refractivity contribution is 9.09. The lowest BCUT2D eigenvalue weighted by atomic mass is 10.3. The molecule has 0 atom stereocenters. The molecule has 0 fully saturated rings. The fourth-order valence-corrected chi connectivity index (χ4v) is 0.960. The van der Waals surface area contributed by atoms with Crippen LogP contribution in [0.15, 0.2) is 18.3 Å². The summed E-state index contributed by atoms with van der Waals surface area (Å²) in [7, 11) is 0. The molecule has 1 rings (SSSR count). The topological polar surface area (TPSA) is 12.9 Å². The summed E-state index contributed by atoms with van der Waals surface area (Å²) in [6.45, 7) is 0. The average Bonchev–Trinajstić information content (AvgIpc) is 2.09. The molecule has 3 heteroatoms. The first-order valence-electron chi connectivity index (χ1n) is 3.49. The molecule has 0 aliphatic heterocycles. The average molecular weight is 245 g/mol. The van der Waals surface area contributed by atoms with Crippen LogP contribution in [0.3, 0.4) is 0 Å². The van der Waals surface area contributed by atoms with Crippen LogP contribution >= 0.6 is 27.5 Å². The molecule has 0 aromatic carbocycles. The van der Waals surface area contributed by atoms with Gasteiger partial charge >= 0.3 is 0 Å². The van der Waals surface area contributed by atoms with E-state index in [1.165, 1.54) is 0 Å². The number of alkyl halides is 1. The Kier molecular flexibility index (Phi) is 4.13. The third-order valence-corrected chi connectivity index (χ3v) is 1.78. The summed E-state index contributed by atoms with van der Waals surface area (Å²) in [6, 6.07) is 3.59. The van der Waals surface area contributed by atoms with Gasteiger partial charge in [-0.05, 0) is 18.1 Å². The fraction of sp³-hybridized carbons (Fsp3) is 0.222. The number of rotatable bonds is 1. The van der Waals surface area contributed by atoms with Crippen molar-refractivity contribution in [3.63, 3.8) is 0 Å². The minimum absolute atomic E-state index is 0.640. The summed E-state index contributed by atoms with van der Waals surface area (Å²) in [5.41, 5.74) is 0.764. The van der Waals surface area contributed by atoms with E-state index in [9.17, 15) is 0 Å². The largest absolute Gasteiger partial charge is 0.246 e. The van der Waals surface area contributed by atoms with E-state index in [1.807, 2.05) is 6.07 Å². The van der Waals surface area contributed by atoms with Gasteiger partial charge in [0.2, 0.25) is 0 Å². The molecular formula is C9H7BrClN. The molecule has 0 amide bonds. The first-order chi connectivity index (χ1) is 5.83. The van der Waals surface area contributed by atoms with Gasteiger partial charge in [0.25, 0.3) is 0 Å². The Labute approximate surface area is 85.3 Å². The van der Waals surface area contributed by atoms with E-state index in [1.54, 1.807) is 12.3 Å². The molecule has 0 spiro atoms. The van der Waals surface area contributed by atoms with E-state index in [0.717, 1.165) is 17.4 Å². The molecule has 0 saturated carbocycles. The number of hydrogen-bond acceptors (Lipinski definition) is 1. The van der Waals surface area contributed by atoms with E-state index in [0.29, 0.717) is 5.02 Å². The van der Waals surface area contributed by atoms with Crippen molar-refractivity contribution in [3.8, 4) is 11.8 Å². The van der Waals surface area contributed by atoms with Crippen LogP contribution in [0.4, 0.5) is 0 Å². The summed E-state index contributed by atoms with van der Waals surface area (Å²) in [5, 5.41) is 1.54. The van der Waals surface area contributed by atoms with E-state index in [4.69, 9.17) is 11.6 Å². The standard InChI is InChI=1S/C9H7BrClN/c10-6-2-1-3-9-5-4-8(11)7-12-9/h4-5,7H,2,6H2. The predicted octanol–water partition coefficient (Wildman–Crippen LogP) is 2.87. The van der Waals surface area contributed by atoms with E-state index < -0.39 is 0 Å². The Morgan fingerprint density at radius 3 is 2.92 bits per heavy atom. The van der Waals surface area contributed by atoms with Gasteiger partial charge in [-0.2, -0.15) is 0 Å². The lowest BCUT2D eigenvalue weighted by molar-refractivity contribution is 1.27.